The fourth-order valence-electron chi connectivity index (χ4n) is 3.98. The van der Waals surface area contributed by atoms with E-state index in [1.54, 1.807) is 6.33 Å². The predicted molar refractivity (Wildman–Crippen MR) is 110 cm³/mol. The molecule has 0 saturated carbocycles. The number of hydrogen-bond acceptors (Lipinski definition) is 6. The Morgan fingerprint density at radius 2 is 2.11 bits per heavy atom. The molecular weight excluding hydrogens is 354 g/mol. The van der Waals surface area contributed by atoms with Gasteiger partial charge in [-0.1, -0.05) is 18.2 Å². The molecule has 2 N–H and O–H groups in total. The largest absolute Gasteiger partial charge is 0.494 e. The lowest BCUT2D eigenvalue weighted by atomic mass is 10.1. The van der Waals surface area contributed by atoms with Gasteiger partial charge in [-0.3, -0.25) is 4.90 Å². The van der Waals surface area contributed by atoms with Crippen LogP contribution in [0.5, 0.6) is 5.75 Å². The summed E-state index contributed by atoms with van der Waals surface area (Å²) in [6.07, 6.45) is 4.24. The fraction of sp³-hybridized carbons (Fsp3) is 0.429. The molecule has 7 nitrogen and oxygen atoms in total. The van der Waals surface area contributed by atoms with Crippen LogP contribution in [-0.4, -0.2) is 63.8 Å². The highest BCUT2D eigenvalue weighted by molar-refractivity contribution is 5.87. The van der Waals surface area contributed by atoms with Crippen molar-refractivity contribution in [1.82, 2.24) is 19.9 Å². The van der Waals surface area contributed by atoms with E-state index >= 15 is 0 Å². The lowest BCUT2D eigenvalue weighted by Gasteiger charge is -2.42. The molecule has 1 saturated heterocycles. The van der Waals surface area contributed by atoms with E-state index in [4.69, 9.17) is 4.74 Å². The van der Waals surface area contributed by atoms with Crippen LogP contribution in [0.2, 0.25) is 0 Å². The third-order valence-electron chi connectivity index (χ3n) is 5.35. The van der Waals surface area contributed by atoms with Crippen LogP contribution >= 0.6 is 0 Å². The molecule has 28 heavy (non-hydrogen) atoms. The predicted octanol–water partition coefficient (Wildman–Crippen LogP) is 2.43. The van der Waals surface area contributed by atoms with Crippen molar-refractivity contribution in [3.63, 3.8) is 0 Å². The number of rotatable bonds is 7. The van der Waals surface area contributed by atoms with Gasteiger partial charge in [0, 0.05) is 50.6 Å². The van der Waals surface area contributed by atoms with Gasteiger partial charge >= 0.3 is 0 Å². The summed E-state index contributed by atoms with van der Waals surface area (Å²) in [5.41, 5.74) is 2.05. The van der Waals surface area contributed by atoms with Gasteiger partial charge in [-0.25, -0.2) is 9.97 Å². The second-order valence-corrected chi connectivity index (χ2v) is 7.06. The average molecular weight is 381 g/mol. The van der Waals surface area contributed by atoms with Gasteiger partial charge < -0.3 is 19.7 Å². The number of H-pyrrole nitrogens is 1. The molecule has 0 radical (unpaired) electrons. The van der Waals surface area contributed by atoms with E-state index in [-0.39, 0.29) is 12.6 Å². The summed E-state index contributed by atoms with van der Waals surface area (Å²) in [5, 5.41) is 10.7. The summed E-state index contributed by atoms with van der Waals surface area (Å²) in [5.74, 6) is 1.91. The van der Waals surface area contributed by atoms with Crippen LogP contribution < -0.4 is 9.64 Å². The summed E-state index contributed by atoms with van der Waals surface area (Å²) < 4.78 is 5.80. The highest BCUT2D eigenvalue weighted by Crippen LogP contribution is 2.27. The second kappa shape index (κ2) is 8.58. The van der Waals surface area contributed by atoms with Crippen molar-refractivity contribution < 1.29 is 9.84 Å². The number of nitrogens with one attached hydrogen (secondary N) is 1. The second-order valence-electron chi connectivity index (χ2n) is 7.06. The number of aromatic amines is 1. The molecule has 1 aliphatic heterocycles. The summed E-state index contributed by atoms with van der Waals surface area (Å²) >= 11 is 0. The van der Waals surface area contributed by atoms with E-state index in [0.717, 1.165) is 55.2 Å². The maximum absolute atomic E-state index is 9.64. The van der Waals surface area contributed by atoms with Gasteiger partial charge in [0.15, 0.2) is 0 Å². The SMILES string of the molecule is CCOc1ccccc1CN1CCN(c2ncnc3[nH]ccc23)CC1CCO. The van der Waals surface area contributed by atoms with E-state index in [2.05, 4.69) is 36.9 Å². The van der Waals surface area contributed by atoms with Crippen LogP contribution in [0, 0.1) is 0 Å². The monoisotopic (exact) mass is 381 g/mol. The number of piperazine rings is 1. The van der Waals surface area contributed by atoms with E-state index < -0.39 is 0 Å². The van der Waals surface area contributed by atoms with Crippen molar-refractivity contribution in [1.29, 1.82) is 0 Å². The Bertz CT molecular complexity index is 912. The molecule has 0 bridgehead atoms. The van der Waals surface area contributed by atoms with Crippen LogP contribution in [0.25, 0.3) is 11.0 Å². The van der Waals surface area contributed by atoms with E-state index in [9.17, 15) is 5.11 Å². The van der Waals surface area contributed by atoms with Gasteiger partial charge in [-0.15, -0.1) is 0 Å². The summed E-state index contributed by atoms with van der Waals surface area (Å²) in [6, 6.07) is 10.5. The number of fused-ring (bicyclic) bond motifs is 1. The molecule has 1 aliphatic rings. The number of anilines is 1. The number of ether oxygens (including phenoxy) is 1. The first-order chi connectivity index (χ1) is 13.8. The van der Waals surface area contributed by atoms with Gasteiger partial charge in [0.1, 0.15) is 23.5 Å². The minimum Gasteiger partial charge on any atom is -0.494 e. The first kappa shape index (κ1) is 18.7. The van der Waals surface area contributed by atoms with Gasteiger partial charge in [-0.05, 0) is 25.5 Å². The first-order valence-electron chi connectivity index (χ1n) is 9.88. The Morgan fingerprint density at radius 1 is 1.21 bits per heavy atom. The first-order valence-corrected chi connectivity index (χ1v) is 9.88. The maximum Gasteiger partial charge on any atom is 0.142 e. The lowest BCUT2D eigenvalue weighted by Crippen LogP contribution is -2.53. The van der Waals surface area contributed by atoms with Crippen LogP contribution in [-0.2, 0) is 6.54 Å². The number of aliphatic hydroxyl groups is 1. The van der Waals surface area contributed by atoms with Crippen molar-refractivity contribution in [2.24, 2.45) is 0 Å². The van der Waals surface area contributed by atoms with Gasteiger partial charge in [0.05, 0.1) is 12.0 Å². The molecule has 0 aliphatic carbocycles. The molecule has 1 fully saturated rings. The maximum atomic E-state index is 9.64. The van der Waals surface area contributed by atoms with E-state index in [1.807, 2.05) is 31.3 Å². The Morgan fingerprint density at radius 3 is 2.96 bits per heavy atom. The van der Waals surface area contributed by atoms with Gasteiger partial charge in [0.25, 0.3) is 0 Å². The standard InChI is InChI=1S/C21H27N5O2/c1-2-28-19-6-4-3-5-16(19)13-25-10-11-26(14-17(25)8-12-27)21-18-7-9-22-20(18)23-15-24-21/h3-7,9,15,17,27H,2,8,10-14H2,1H3,(H,22,23,24). The minimum atomic E-state index is 0.172. The van der Waals surface area contributed by atoms with Crippen molar-refractivity contribution in [3.05, 3.63) is 48.4 Å². The molecular formula is C21H27N5O2. The van der Waals surface area contributed by atoms with Crippen LogP contribution in [0.4, 0.5) is 5.82 Å². The summed E-state index contributed by atoms with van der Waals surface area (Å²) in [7, 11) is 0. The molecule has 1 aromatic carbocycles. The molecule has 148 valence electrons. The Hall–Kier alpha value is -2.64. The third-order valence-corrected chi connectivity index (χ3v) is 5.35. The summed E-state index contributed by atoms with van der Waals surface area (Å²) in [6.45, 7) is 6.27. The van der Waals surface area contributed by atoms with Crippen LogP contribution in [0.15, 0.2) is 42.9 Å². The lowest BCUT2D eigenvalue weighted by molar-refractivity contribution is 0.134. The zero-order chi connectivity index (χ0) is 19.3. The third kappa shape index (κ3) is 3.81. The average Bonchev–Trinajstić information content (AvgIpc) is 3.20. The fourth-order valence-corrected chi connectivity index (χ4v) is 3.98. The smallest absolute Gasteiger partial charge is 0.142 e. The molecule has 7 heteroatoms. The number of benzene rings is 1. The van der Waals surface area contributed by atoms with Crippen LogP contribution in [0.1, 0.15) is 18.9 Å². The highest BCUT2D eigenvalue weighted by atomic mass is 16.5. The van der Waals surface area contributed by atoms with Crippen molar-refractivity contribution in [3.8, 4) is 5.75 Å². The van der Waals surface area contributed by atoms with Gasteiger partial charge in [0.2, 0.25) is 0 Å². The number of aliphatic hydroxyl groups excluding tert-OH is 1. The van der Waals surface area contributed by atoms with Crippen LogP contribution in [0.3, 0.4) is 0 Å². The minimum absolute atomic E-state index is 0.172. The number of nitrogens with zero attached hydrogens (tertiary/aromatic N) is 4. The molecule has 3 aromatic rings. The molecule has 1 atom stereocenters. The number of para-hydroxylation sites is 1. The normalized spacial score (nSPS) is 17.9. The molecule has 1 unspecified atom stereocenters. The van der Waals surface area contributed by atoms with E-state index in [1.165, 1.54) is 5.56 Å². The Balaban J connectivity index is 1.53. The Kier molecular flexibility index (Phi) is 5.73. The molecule has 4 rings (SSSR count). The molecule has 3 heterocycles. The molecule has 0 spiro atoms. The zero-order valence-electron chi connectivity index (χ0n) is 16.2. The molecule has 0 amide bonds. The highest BCUT2D eigenvalue weighted by Gasteiger charge is 2.29. The summed E-state index contributed by atoms with van der Waals surface area (Å²) in [4.78, 5) is 16.7. The van der Waals surface area contributed by atoms with Crippen molar-refractivity contribution in [2.75, 3.05) is 37.7 Å². The van der Waals surface area contributed by atoms with Crippen molar-refractivity contribution in [2.45, 2.75) is 25.9 Å². The zero-order valence-corrected chi connectivity index (χ0v) is 16.2. The van der Waals surface area contributed by atoms with E-state index in [0.29, 0.717) is 6.61 Å². The topological polar surface area (TPSA) is 77.5 Å². The van der Waals surface area contributed by atoms with Crippen molar-refractivity contribution >= 4 is 16.9 Å². The number of hydrogen-bond donors (Lipinski definition) is 2. The Labute approximate surface area is 165 Å². The molecule has 2 aromatic heterocycles. The number of aromatic nitrogens is 3. The van der Waals surface area contributed by atoms with Gasteiger partial charge in [-0.2, -0.15) is 0 Å². The quantitative estimate of drug-likeness (QED) is 0.655.